The molecule has 0 saturated carbocycles. The van der Waals surface area contributed by atoms with E-state index >= 15 is 0 Å². The number of ether oxygens (including phenoxy) is 2. The second-order valence-electron chi connectivity index (χ2n) is 6.73. The zero-order valence-electron chi connectivity index (χ0n) is 16.3. The Morgan fingerprint density at radius 1 is 1.20 bits per heavy atom. The van der Waals surface area contributed by atoms with Crippen molar-refractivity contribution in [2.45, 2.75) is 0 Å². The number of carbonyl (C=O) groups is 1. The number of thiazole rings is 1. The summed E-state index contributed by atoms with van der Waals surface area (Å²) in [5.74, 6) is 0.552. The van der Waals surface area contributed by atoms with E-state index in [1.807, 2.05) is 24.3 Å². The van der Waals surface area contributed by atoms with E-state index in [2.05, 4.69) is 20.5 Å². The molecule has 0 radical (unpaired) electrons. The SMILES string of the molecule is O=C(NC(=S)Nc1nc2ccc(OCCN3CCOCC3)cc2s1)c1ccccc1. The van der Waals surface area contributed by atoms with Crippen LogP contribution in [-0.4, -0.2) is 60.4 Å². The molecule has 0 bridgehead atoms. The molecule has 1 saturated heterocycles. The Bertz CT molecular complexity index is 1020. The molecule has 1 fully saturated rings. The van der Waals surface area contributed by atoms with Crippen LogP contribution in [0.25, 0.3) is 10.2 Å². The number of benzene rings is 2. The van der Waals surface area contributed by atoms with Gasteiger partial charge in [0.15, 0.2) is 10.2 Å². The number of hydrogen-bond donors (Lipinski definition) is 2. The molecule has 156 valence electrons. The van der Waals surface area contributed by atoms with Crippen molar-refractivity contribution >= 4 is 49.9 Å². The number of nitrogens with zero attached hydrogens (tertiary/aromatic N) is 2. The van der Waals surface area contributed by atoms with E-state index < -0.39 is 0 Å². The summed E-state index contributed by atoms with van der Waals surface area (Å²) in [6.45, 7) is 4.99. The number of hydrogen-bond acceptors (Lipinski definition) is 7. The van der Waals surface area contributed by atoms with Crippen molar-refractivity contribution in [1.29, 1.82) is 0 Å². The quantitative estimate of drug-likeness (QED) is 0.568. The lowest BCUT2D eigenvalue weighted by atomic mass is 10.2. The lowest BCUT2D eigenvalue weighted by Crippen LogP contribution is -2.38. The van der Waals surface area contributed by atoms with E-state index in [0.717, 1.165) is 48.8 Å². The van der Waals surface area contributed by atoms with Crippen molar-refractivity contribution in [3.8, 4) is 5.75 Å². The van der Waals surface area contributed by atoms with Crippen LogP contribution in [0.1, 0.15) is 10.4 Å². The molecule has 1 aromatic heterocycles. The molecule has 2 aromatic carbocycles. The standard InChI is InChI=1S/C21H22N4O3S2/c26-19(15-4-2-1-3-5-15)23-20(29)24-21-22-17-7-6-16(14-18(17)30-21)28-13-10-25-8-11-27-12-9-25/h1-7,14H,8-13H2,(H2,22,23,24,26,29). The highest BCUT2D eigenvalue weighted by atomic mass is 32.1. The lowest BCUT2D eigenvalue weighted by Gasteiger charge is -2.26. The van der Waals surface area contributed by atoms with Gasteiger partial charge in [-0.15, -0.1) is 0 Å². The molecule has 7 nitrogen and oxygen atoms in total. The minimum atomic E-state index is -0.259. The van der Waals surface area contributed by atoms with E-state index in [-0.39, 0.29) is 11.0 Å². The van der Waals surface area contributed by atoms with Gasteiger partial charge in [-0.3, -0.25) is 15.0 Å². The number of morpholine rings is 1. The highest BCUT2D eigenvalue weighted by molar-refractivity contribution is 7.80. The average molecular weight is 443 g/mol. The van der Waals surface area contributed by atoms with Crippen LogP contribution in [0.2, 0.25) is 0 Å². The first kappa shape index (κ1) is 20.7. The summed E-state index contributed by atoms with van der Waals surface area (Å²) in [6, 6.07) is 14.7. The lowest BCUT2D eigenvalue weighted by molar-refractivity contribution is 0.0322. The van der Waals surface area contributed by atoms with Crippen LogP contribution < -0.4 is 15.4 Å². The normalized spacial score (nSPS) is 14.4. The summed E-state index contributed by atoms with van der Waals surface area (Å²) < 4.78 is 12.2. The summed E-state index contributed by atoms with van der Waals surface area (Å²) in [7, 11) is 0. The van der Waals surface area contributed by atoms with E-state index in [4.69, 9.17) is 21.7 Å². The molecule has 1 aliphatic heterocycles. The van der Waals surface area contributed by atoms with Gasteiger partial charge >= 0.3 is 0 Å². The second kappa shape index (κ2) is 9.94. The van der Waals surface area contributed by atoms with Crippen LogP contribution in [-0.2, 0) is 4.74 Å². The molecular formula is C21H22N4O3S2. The van der Waals surface area contributed by atoms with Gasteiger partial charge in [-0.25, -0.2) is 4.98 Å². The Morgan fingerprint density at radius 3 is 2.80 bits per heavy atom. The Hall–Kier alpha value is -2.59. The Kier molecular flexibility index (Phi) is 6.85. The molecule has 0 unspecified atom stereocenters. The van der Waals surface area contributed by atoms with Gasteiger partial charge in [0.2, 0.25) is 0 Å². The number of nitrogens with one attached hydrogen (secondary N) is 2. The van der Waals surface area contributed by atoms with Crippen molar-refractivity contribution in [3.05, 3.63) is 54.1 Å². The molecule has 0 aliphatic carbocycles. The molecule has 9 heteroatoms. The maximum Gasteiger partial charge on any atom is 0.257 e. The molecule has 2 heterocycles. The van der Waals surface area contributed by atoms with Crippen molar-refractivity contribution in [1.82, 2.24) is 15.2 Å². The minimum Gasteiger partial charge on any atom is -0.492 e. The Morgan fingerprint density at radius 2 is 2.00 bits per heavy atom. The molecule has 1 amide bonds. The fourth-order valence-corrected chi connectivity index (χ4v) is 4.21. The zero-order chi connectivity index (χ0) is 20.8. The van der Waals surface area contributed by atoms with Crippen molar-refractivity contribution in [3.63, 3.8) is 0 Å². The van der Waals surface area contributed by atoms with Crippen LogP contribution in [0.3, 0.4) is 0 Å². The number of fused-ring (bicyclic) bond motifs is 1. The van der Waals surface area contributed by atoms with E-state index in [1.165, 1.54) is 11.3 Å². The number of carbonyl (C=O) groups excluding carboxylic acids is 1. The molecule has 3 aromatic rings. The predicted molar refractivity (Wildman–Crippen MR) is 123 cm³/mol. The van der Waals surface area contributed by atoms with Crippen molar-refractivity contribution in [2.24, 2.45) is 0 Å². The van der Waals surface area contributed by atoms with Crippen molar-refractivity contribution in [2.75, 3.05) is 44.8 Å². The first-order chi connectivity index (χ1) is 14.7. The van der Waals surface area contributed by atoms with Crippen LogP contribution in [0.5, 0.6) is 5.75 Å². The highest BCUT2D eigenvalue weighted by Crippen LogP contribution is 2.29. The average Bonchev–Trinajstić information content (AvgIpc) is 3.16. The summed E-state index contributed by atoms with van der Waals surface area (Å²) in [5.41, 5.74) is 1.39. The predicted octanol–water partition coefficient (Wildman–Crippen LogP) is 3.13. The number of thiocarbonyl (C=S) groups is 1. The first-order valence-corrected chi connectivity index (χ1v) is 10.9. The van der Waals surface area contributed by atoms with Crippen LogP contribution >= 0.6 is 23.6 Å². The second-order valence-corrected chi connectivity index (χ2v) is 8.16. The highest BCUT2D eigenvalue weighted by Gasteiger charge is 2.12. The maximum atomic E-state index is 12.2. The molecular weight excluding hydrogens is 420 g/mol. The van der Waals surface area contributed by atoms with Gasteiger partial charge in [0, 0.05) is 25.2 Å². The Labute approximate surface area is 184 Å². The summed E-state index contributed by atoms with van der Waals surface area (Å²) in [6.07, 6.45) is 0. The van der Waals surface area contributed by atoms with E-state index in [9.17, 15) is 4.79 Å². The number of anilines is 1. The topological polar surface area (TPSA) is 75.7 Å². The Balaban J connectivity index is 1.31. The van der Waals surface area contributed by atoms with Gasteiger partial charge in [-0.05, 0) is 42.5 Å². The molecule has 0 atom stereocenters. The molecule has 1 aliphatic rings. The fraction of sp³-hybridized carbons (Fsp3) is 0.286. The van der Waals surface area contributed by atoms with E-state index in [1.54, 1.807) is 24.3 Å². The molecule has 2 N–H and O–H groups in total. The van der Waals surface area contributed by atoms with Crippen LogP contribution in [0.4, 0.5) is 5.13 Å². The van der Waals surface area contributed by atoms with Gasteiger partial charge in [0.05, 0.1) is 23.4 Å². The van der Waals surface area contributed by atoms with Gasteiger partial charge in [-0.1, -0.05) is 29.5 Å². The number of aromatic nitrogens is 1. The van der Waals surface area contributed by atoms with Gasteiger partial charge in [-0.2, -0.15) is 0 Å². The number of amides is 1. The van der Waals surface area contributed by atoms with Crippen LogP contribution in [0, 0.1) is 0 Å². The summed E-state index contributed by atoms with van der Waals surface area (Å²) in [4.78, 5) is 19.0. The largest absolute Gasteiger partial charge is 0.492 e. The maximum absolute atomic E-state index is 12.2. The minimum absolute atomic E-state index is 0.213. The monoisotopic (exact) mass is 442 g/mol. The third-order valence-electron chi connectivity index (χ3n) is 4.62. The van der Waals surface area contributed by atoms with Crippen molar-refractivity contribution < 1.29 is 14.3 Å². The van der Waals surface area contributed by atoms with E-state index in [0.29, 0.717) is 17.3 Å². The third kappa shape index (κ3) is 5.51. The zero-order valence-corrected chi connectivity index (χ0v) is 17.9. The first-order valence-electron chi connectivity index (χ1n) is 9.68. The van der Waals surface area contributed by atoms with Gasteiger partial charge in [0.1, 0.15) is 12.4 Å². The molecule has 4 rings (SSSR count). The van der Waals surface area contributed by atoms with Gasteiger partial charge < -0.3 is 14.8 Å². The van der Waals surface area contributed by atoms with Crippen LogP contribution in [0.15, 0.2) is 48.5 Å². The number of rotatable bonds is 6. The molecule has 30 heavy (non-hydrogen) atoms. The summed E-state index contributed by atoms with van der Waals surface area (Å²) >= 11 is 6.70. The van der Waals surface area contributed by atoms with Gasteiger partial charge in [0.25, 0.3) is 5.91 Å². The summed E-state index contributed by atoms with van der Waals surface area (Å²) in [5, 5.41) is 6.49. The third-order valence-corrected chi connectivity index (χ3v) is 5.76. The molecule has 0 spiro atoms. The fourth-order valence-electron chi connectivity index (χ4n) is 3.06. The smallest absolute Gasteiger partial charge is 0.257 e.